The van der Waals surface area contributed by atoms with Crippen LogP contribution in [-0.2, 0) is 9.53 Å². The van der Waals surface area contributed by atoms with Crippen LogP contribution >= 0.6 is 0 Å². The molecular formula is C11H20N2O2. The van der Waals surface area contributed by atoms with Gasteiger partial charge in [0.2, 0.25) is 5.91 Å². The summed E-state index contributed by atoms with van der Waals surface area (Å²) in [6.07, 6.45) is 4.18. The van der Waals surface area contributed by atoms with E-state index in [2.05, 4.69) is 5.32 Å². The Morgan fingerprint density at radius 3 is 2.87 bits per heavy atom. The zero-order valence-electron chi connectivity index (χ0n) is 9.21. The van der Waals surface area contributed by atoms with E-state index in [0.29, 0.717) is 31.6 Å². The van der Waals surface area contributed by atoms with Gasteiger partial charge in [-0.15, -0.1) is 0 Å². The average molecular weight is 212 g/mol. The summed E-state index contributed by atoms with van der Waals surface area (Å²) in [5, 5.41) is 3.42. The molecule has 15 heavy (non-hydrogen) atoms. The Morgan fingerprint density at radius 1 is 1.40 bits per heavy atom. The molecule has 2 saturated heterocycles. The SMILES string of the molecule is O=C(CCC1CCCN1)N1CCOCC1. The molecule has 1 amide bonds. The molecule has 2 aliphatic heterocycles. The van der Waals surface area contributed by atoms with E-state index in [0.717, 1.165) is 26.1 Å². The van der Waals surface area contributed by atoms with Gasteiger partial charge in [-0.3, -0.25) is 4.79 Å². The maximum Gasteiger partial charge on any atom is 0.222 e. The number of carbonyl (C=O) groups is 1. The molecule has 0 radical (unpaired) electrons. The van der Waals surface area contributed by atoms with Gasteiger partial charge >= 0.3 is 0 Å². The summed E-state index contributed by atoms with van der Waals surface area (Å²) in [6, 6.07) is 0.579. The molecule has 4 heteroatoms. The number of nitrogens with zero attached hydrogens (tertiary/aromatic N) is 1. The third kappa shape index (κ3) is 3.18. The Hall–Kier alpha value is -0.610. The standard InChI is InChI=1S/C11H20N2O2/c14-11(13-6-8-15-9-7-13)4-3-10-2-1-5-12-10/h10,12H,1-9H2. The second-order valence-corrected chi connectivity index (χ2v) is 4.33. The quantitative estimate of drug-likeness (QED) is 0.735. The van der Waals surface area contributed by atoms with Gasteiger partial charge in [-0.2, -0.15) is 0 Å². The van der Waals surface area contributed by atoms with Gasteiger partial charge in [0.1, 0.15) is 0 Å². The Labute approximate surface area is 91.0 Å². The molecule has 4 nitrogen and oxygen atoms in total. The van der Waals surface area contributed by atoms with Gasteiger partial charge in [0.15, 0.2) is 0 Å². The molecule has 0 aromatic heterocycles. The highest BCUT2D eigenvalue weighted by Crippen LogP contribution is 2.12. The minimum Gasteiger partial charge on any atom is -0.378 e. The maximum absolute atomic E-state index is 11.8. The van der Waals surface area contributed by atoms with E-state index in [4.69, 9.17) is 4.74 Å². The van der Waals surface area contributed by atoms with Crippen molar-refractivity contribution in [2.75, 3.05) is 32.8 Å². The number of hydrogen-bond acceptors (Lipinski definition) is 3. The third-order valence-corrected chi connectivity index (χ3v) is 3.23. The molecule has 0 aromatic carbocycles. The lowest BCUT2D eigenvalue weighted by Crippen LogP contribution is -2.41. The van der Waals surface area contributed by atoms with Crippen LogP contribution in [0, 0.1) is 0 Å². The predicted molar refractivity (Wildman–Crippen MR) is 57.7 cm³/mol. The molecule has 1 N–H and O–H groups in total. The van der Waals surface area contributed by atoms with Gasteiger partial charge in [0, 0.05) is 25.6 Å². The monoisotopic (exact) mass is 212 g/mol. The lowest BCUT2D eigenvalue weighted by atomic mass is 10.1. The fraction of sp³-hybridized carbons (Fsp3) is 0.909. The fourth-order valence-corrected chi connectivity index (χ4v) is 2.27. The zero-order chi connectivity index (χ0) is 10.5. The molecule has 2 heterocycles. The number of rotatable bonds is 3. The summed E-state index contributed by atoms with van der Waals surface area (Å²) in [4.78, 5) is 13.7. The Kier molecular flexibility index (Phi) is 3.97. The summed E-state index contributed by atoms with van der Waals surface area (Å²) in [7, 11) is 0. The topological polar surface area (TPSA) is 41.6 Å². The van der Waals surface area contributed by atoms with Crippen LogP contribution in [0.15, 0.2) is 0 Å². The molecule has 2 rings (SSSR count). The van der Waals surface area contributed by atoms with E-state index < -0.39 is 0 Å². The Morgan fingerprint density at radius 2 is 2.20 bits per heavy atom. The van der Waals surface area contributed by atoms with E-state index in [9.17, 15) is 4.79 Å². The molecule has 0 saturated carbocycles. The number of morpholine rings is 1. The molecule has 0 aliphatic carbocycles. The first-order chi connectivity index (χ1) is 7.36. The second kappa shape index (κ2) is 5.47. The van der Waals surface area contributed by atoms with Crippen molar-refractivity contribution in [2.45, 2.75) is 31.7 Å². The fourth-order valence-electron chi connectivity index (χ4n) is 2.27. The smallest absolute Gasteiger partial charge is 0.222 e. The summed E-state index contributed by atoms with van der Waals surface area (Å²) < 4.78 is 5.22. The van der Waals surface area contributed by atoms with Crippen LogP contribution in [0.2, 0.25) is 0 Å². The van der Waals surface area contributed by atoms with Gasteiger partial charge in [-0.1, -0.05) is 0 Å². The van der Waals surface area contributed by atoms with Crippen molar-refractivity contribution < 1.29 is 9.53 Å². The second-order valence-electron chi connectivity index (χ2n) is 4.33. The minimum atomic E-state index is 0.298. The van der Waals surface area contributed by atoms with Crippen LogP contribution in [0.4, 0.5) is 0 Å². The lowest BCUT2D eigenvalue weighted by molar-refractivity contribution is -0.135. The first-order valence-electron chi connectivity index (χ1n) is 5.95. The lowest BCUT2D eigenvalue weighted by Gasteiger charge is -2.27. The van der Waals surface area contributed by atoms with Crippen molar-refractivity contribution in [3.8, 4) is 0 Å². The van der Waals surface area contributed by atoms with Crippen LogP contribution in [0.5, 0.6) is 0 Å². The number of ether oxygens (including phenoxy) is 1. The highest BCUT2D eigenvalue weighted by molar-refractivity contribution is 5.76. The molecule has 1 unspecified atom stereocenters. The van der Waals surface area contributed by atoms with Crippen LogP contribution in [0.25, 0.3) is 0 Å². The van der Waals surface area contributed by atoms with Crippen molar-refractivity contribution in [1.82, 2.24) is 10.2 Å². The number of carbonyl (C=O) groups excluding carboxylic acids is 1. The Balaban J connectivity index is 1.66. The molecule has 86 valence electrons. The number of nitrogens with one attached hydrogen (secondary N) is 1. The van der Waals surface area contributed by atoms with Crippen molar-refractivity contribution in [1.29, 1.82) is 0 Å². The molecule has 2 aliphatic rings. The molecular weight excluding hydrogens is 192 g/mol. The van der Waals surface area contributed by atoms with Crippen LogP contribution in [0.3, 0.4) is 0 Å². The zero-order valence-corrected chi connectivity index (χ0v) is 9.21. The van der Waals surface area contributed by atoms with E-state index in [1.54, 1.807) is 0 Å². The van der Waals surface area contributed by atoms with E-state index in [1.165, 1.54) is 12.8 Å². The van der Waals surface area contributed by atoms with Gasteiger partial charge < -0.3 is 15.0 Å². The van der Waals surface area contributed by atoms with Crippen LogP contribution in [0.1, 0.15) is 25.7 Å². The predicted octanol–water partition coefficient (Wildman–Crippen LogP) is 0.377. The molecule has 1 atom stereocenters. The first kappa shape index (κ1) is 10.9. The normalized spacial score (nSPS) is 26.9. The van der Waals surface area contributed by atoms with Crippen molar-refractivity contribution in [2.24, 2.45) is 0 Å². The highest BCUT2D eigenvalue weighted by atomic mass is 16.5. The minimum absolute atomic E-state index is 0.298. The Bertz CT molecular complexity index is 209. The first-order valence-corrected chi connectivity index (χ1v) is 5.95. The van der Waals surface area contributed by atoms with Gasteiger partial charge in [-0.25, -0.2) is 0 Å². The van der Waals surface area contributed by atoms with Crippen LogP contribution in [-0.4, -0.2) is 49.7 Å². The highest BCUT2D eigenvalue weighted by Gasteiger charge is 2.19. The van der Waals surface area contributed by atoms with E-state index in [-0.39, 0.29) is 0 Å². The van der Waals surface area contributed by atoms with Crippen molar-refractivity contribution in [3.63, 3.8) is 0 Å². The molecule has 0 bridgehead atoms. The largest absolute Gasteiger partial charge is 0.378 e. The summed E-state index contributed by atoms with van der Waals surface area (Å²) in [5.41, 5.74) is 0. The molecule has 2 fully saturated rings. The van der Waals surface area contributed by atoms with Gasteiger partial charge in [0.25, 0.3) is 0 Å². The summed E-state index contributed by atoms with van der Waals surface area (Å²) >= 11 is 0. The van der Waals surface area contributed by atoms with Crippen molar-refractivity contribution >= 4 is 5.91 Å². The summed E-state index contributed by atoms with van der Waals surface area (Å²) in [5.74, 6) is 0.298. The molecule has 0 spiro atoms. The van der Waals surface area contributed by atoms with Gasteiger partial charge in [0.05, 0.1) is 13.2 Å². The molecule has 0 aromatic rings. The average Bonchev–Trinajstić information content (AvgIpc) is 2.80. The van der Waals surface area contributed by atoms with E-state index in [1.807, 2.05) is 4.90 Å². The number of amides is 1. The third-order valence-electron chi connectivity index (χ3n) is 3.23. The number of hydrogen-bond donors (Lipinski definition) is 1. The summed E-state index contributed by atoms with van der Waals surface area (Å²) in [6.45, 7) is 4.07. The maximum atomic E-state index is 11.8. The van der Waals surface area contributed by atoms with Crippen molar-refractivity contribution in [3.05, 3.63) is 0 Å². The van der Waals surface area contributed by atoms with Crippen LogP contribution < -0.4 is 5.32 Å². The van der Waals surface area contributed by atoms with Gasteiger partial charge in [-0.05, 0) is 25.8 Å². The van der Waals surface area contributed by atoms with E-state index >= 15 is 0 Å².